The first-order valence-electron chi connectivity index (χ1n) is 6.41. The van der Waals surface area contributed by atoms with Crippen LogP contribution in [-0.4, -0.2) is 22.3 Å². The highest BCUT2D eigenvalue weighted by Gasteiger charge is 2.10. The number of nitrogens with zero attached hydrogens (tertiary/aromatic N) is 2. The molecule has 1 aromatic heterocycles. The molecule has 0 aliphatic carbocycles. The summed E-state index contributed by atoms with van der Waals surface area (Å²) in [6, 6.07) is 6.26. The zero-order valence-corrected chi connectivity index (χ0v) is 11.6. The predicted molar refractivity (Wildman–Crippen MR) is 74.2 cm³/mol. The lowest BCUT2D eigenvalue weighted by molar-refractivity contribution is 0.410. The van der Waals surface area contributed by atoms with E-state index in [0.717, 1.165) is 17.1 Å². The summed E-state index contributed by atoms with van der Waals surface area (Å²) in [5, 5.41) is 6.95. The zero-order valence-electron chi connectivity index (χ0n) is 11.6. The highest BCUT2D eigenvalue weighted by molar-refractivity contribution is 5.39. The van der Waals surface area contributed by atoms with Crippen LogP contribution in [0.3, 0.4) is 0 Å². The first-order chi connectivity index (χ1) is 9.13. The van der Waals surface area contributed by atoms with Gasteiger partial charge in [0.05, 0.1) is 13.7 Å². The van der Waals surface area contributed by atoms with Crippen molar-refractivity contribution in [3.05, 3.63) is 41.0 Å². The molecule has 19 heavy (non-hydrogen) atoms. The zero-order chi connectivity index (χ0) is 13.8. The molecule has 0 saturated heterocycles. The Morgan fingerprint density at radius 2 is 2.16 bits per heavy atom. The fraction of sp³-hybridized carbons (Fsp3) is 0.429. The van der Waals surface area contributed by atoms with Crippen LogP contribution < -0.4 is 10.5 Å². The van der Waals surface area contributed by atoms with Gasteiger partial charge in [0, 0.05) is 12.0 Å². The average molecular weight is 260 g/mol. The SMILES string of the molecule is COc1ccc(C(C)C)cc1Cc1nc(CN)n[nH]1. The normalized spacial score (nSPS) is 11.0. The number of benzene rings is 1. The van der Waals surface area contributed by atoms with Crippen molar-refractivity contribution in [2.75, 3.05) is 7.11 Å². The molecule has 0 aliphatic rings. The molecule has 1 heterocycles. The number of nitrogens with one attached hydrogen (secondary N) is 1. The van der Waals surface area contributed by atoms with Crippen LogP contribution in [0.15, 0.2) is 18.2 Å². The van der Waals surface area contributed by atoms with Crippen LogP contribution in [-0.2, 0) is 13.0 Å². The van der Waals surface area contributed by atoms with E-state index in [1.54, 1.807) is 7.11 Å². The second kappa shape index (κ2) is 5.84. The second-order valence-electron chi connectivity index (χ2n) is 4.81. The van der Waals surface area contributed by atoms with Crippen molar-refractivity contribution in [3.8, 4) is 5.75 Å². The molecule has 0 bridgehead atoms. The van der Waals surface area contributed by atoms with E-state index in [-0.39, 0.29) is 0 Å². The first kappa shape index (κ1) is 13.5. The lowest BCUT2D eigenvalue weighted by Crippen LogP contribution is -2.00. The molecule has 0 fully saturated rings. The number of hydrogen-bond acceptors (Lipinski definition) is 4. The van der Waals surface area contributed by atoms with Gasteiger partial charge in [-0.25, -0.2) is 4.98 Å². The fourth-order valence-electron chi connectivity index (χ4n) is 1.98. The standard InChI is InChI=1S/C14H20N4O/c1-9(2)10-4-5-12(19-3)11(6-10)7-13-16-14(8-15)18-17-13/h4-6,9H,7-8,15H2,1-3H3,(H,16,17,18). The van der Waals surface area contributed by atoms with E-state index in [0.29, 0.717) is 24.7 Å². The average Bonchev–Trinajstić information content (AvgIpc) is 2.86. The Hall–Kier alpha value is -1.88. The Kier molecular flexibility index (Phi) is 4.16. The smallest absolute Gasteiger partial charge is 0.164 e. The van der Waals surface area contributed by atoms with Crippen LogP contribution in [0, 0.1) is 0 Å². The predicted octanol–water partition coefficient (Wildman–Crippen LogP) is 1.99. The number of aromatic nitrogens is 3. The van der Waals surface area contributed by atoms with E-state index in [2.05, 4.69) is 41.2 Å². The maximum Gasteiger partial charge on any atom is 0.164 e. The fourth-order valence-corrected chi connectivity index (χ4v) is 1.98. The monoisotopic (exact) mass is 260 g/mol. The molecule has 1 aromatic carbocycles. The van der Waals surface area contributed by atoms with Crippen molar-refractivity contribution in [2.24, 2.45) is 5.73 Å². The summed E-state index contributed by atoms with van der Waals surface area (Å²) in [7, 11) is 1.68. The van der Waals surface area contributed by atoms with Crippen LogP contribution in [0.4, 0.5) is 0 Å². The molecular weight excluding hydrogens is 240 g/mol. The Labute approximate surface area is 113 Å². The van der Waals surface area contributed by atoms with E-state index in [1.807, 2.05) is 6.07 Å². The maximum absolute atomic E-state index is 5.51. The van der Waals surface area contributed by atoms with Gasteiger partial charge in [0.1, 0.15) is 11.6 Å². The van der Waals surface area contributed by atoms with Crippen LogP contribution in [0.2, 0.25) is 0 Å². The first-order valence-corrected chi connectivity index (χ1v) is 6.41. The van der Waals surface area contributed by atoms with E-state index in [4.69, 9.17) is 10.5 Å². The van der Waals surface area contributed by atoms with Crippen molar-refractivity contribution < 1.29 is 4.74 Å². The highest BCUT2D eigenvalue weighted by Crippen LogP contribution is 2.25. The molecule has 5 nitrogen and oxygen atoms in total. The third-order valence-electron chi connectivity index (χ3n) is 3.09. The third kappa shape index (κ3) is 3.12. The lowest BCUT2D eigenvalue weighted by Gasteiger charge is -2.11. The molecule has 2 aromatic rings. The molecule has 0 saturated carbocycles. The highest BCUT2D eigenvalue weighted by atomic mass is 16.5. The summed E-state index contributed by atoms with van der Waals surface area (Å²) in [5.41, 5.74) is 7.90. The summed E-state index contributed by atoms with van der Waals surface area (Å²) in [4.78, 5) is 4.33. The number of H-pyrrole nitrogens is 1. The van der Waals surface area contributed by atoms with Crippen molar-refractivity contribution in [2.45, 2.75) is 32.7 Å². The molecule has 0 aliphatic heterocycles. The van der Waals surface area contributed by atoms with Gasteiger partial charge in [0.25, 0.3) is 0 Å². The molecular formula is C14H20N4O. The van der Waals surface area contributed by atoms with Gasteiger partial charge in [-0.05, 0) is 17.5 Å². The molecule has 0 radical (unpaired) electrons. The molecule has 2 rings (SSSR count). The lowest BCUT2D eigenvalue weighted by atomic mass is 9.99. The van der Waals surface area contributed by atoms with Crippen molar-refractivity contribution in [1.29, 1.82) is 0 Å². The minimum Gasteiger partial charge on any atom is -0.496 e. The quantitative estimate of drug-likeness (QED) is 0.862. The number of ether oxygens (including phenoxy) is 1. The molecule has 5 heteroatoms. The van der Waals surface area contributed by atoms with E-state index < -0.39 is 0 Å². The number of aromatic amines is 1. The van der Waals surface area contributed by atoms with Crippen molar-refractivity contribution >= 4 is 0 Å². The van der Waals surface area contributed by atoms with Crippen molar-refractivity contribution in [1.82, 2.24) is 15.2 Å². The topological polar surface area (TPSA) is 76.8 Å². The maximum atomic E-state index is 5.51. The Morgan fingerprint density at radius 3 is 2.74 bits per heavy atom. The minimum atomic E-state index is 0.347. The Balaban J connectivity index is 2.28. The van der Waals surface area contributed by atoms with E-state index in [1.165, 1.54) is 5.56 Å². The number of nitrogens with two attached hydrogens (primary N) is 1. The van der Waals surface area contributed by atoms with Gasteiger partial charge in [0.15, 0.2) is 5.82 Å². The van der Waals surface area contributed by atoms with E-state index in [9.17, 15) is 0 Å². The molecule has 0 spiro atoms. The Morgan fingerprint density at radius 1 is 1.37 bits per heavy atom. The van der Waals surface area contributed by atoms with Gasteiger partial charge in [-0.3, -0.25) is 5.10 Å². The van der Waals surface area contributed by atoms with Crippen LogP contribution >= 0.6 is 0 Å². The summed E-state index contributed by atoms with van der Waals surface area (Å²) in [6.07, 6.45) is 0.663. The summed E-state index contributed by atoms with van der Waals surface area (Å²) >= 11 is 0. The number of methoxy groups -OCH3 is 1. The molecule has 0 unspecified atom stereocenters. The Bertz CT molecular complexity index is 548. The van der Waals surface area contributed by atoms with Crippen LogP contribution in [0.5, 0.6) is 5.75 Å². The molecule has 3 N–H and O–H groups in total. The molecule has 0 atom stereocenters. The van der Waals surface area contributed by atoms with Crippen LogP contribution in [0.1, 0.15) is 42.5 Å². The number of hydrogen-bond donors (Lipinski definition) is 2. The summed E-state index contributed by atoms with van der Waals surface area (Å²) < 4.78 is 5.40. The minimum absolute atomic E-state index is 0.347. The largest absolute Gasteiger partial charge is 0.496 e. The van der Waals surface area contributed by atoms with Gasteiger partial charge in [0.2, 0.25) is 0 Å². The summed E-state index contributed by atoms with van der Waals surface area (Å²) in [5.74, 6) is 2.79. The van der Waals surface area contributed by atoms with Gasteiger partial charge >= 0.3 is 0 Å². The third-order valence-corrected chi connectivity index (χ3v) is 3.09. The van der Waals surface area contributed by atoms with Gasteiger partial charge in [-0.1, -0.05) is 26.0 Å². The molecule has 102 valence electrons. The second-order valence-corrected chi connectivity index (χ2v) is 4.81. The van der Waals surface area contributed by atoms with Crippen LogP contribution in [0.25, 0.3) is 0 Å². The van der Waals surface area contributed by atoms with E-state index >= 15 is 0 Å². The van der Waals surface area contributed by atoms with Gasteiger partial charge in [-0.2, -0.15) is 5.10 Å². The molecule has 0 amide bonds. The summed E-state index contributed by atoms with van der Waals surface area (Å²) in [6.45, 7) is 4.69. The van der Waals surface area contributed by atoms with Gasteiger partial charge < -0.3 is 10.5 Å². The van der Waals surface area contributed by atoms with Gasteiger partial charge in [-0.15, -0.1) is 0 Å². The number of rotatable bonds is 5. The van der Waals surface area contributed by atoms with Crippen molar-refractivity contribution in [3.63, 3.8) is 0 Å².